The van der Waals surface area contributed by atoms with Crippen molar-refractivity contribution in [2.75, 3.05) is 6.54 Å². The predicted molar refractivity (Wildman–Crippen MR) is 46.0 cm³/mol. The van der Waals surface area contributed by atoms with Crippen LogP contribution >= 0.6 is 0 Å². The molecule has 0 aromatic carbocycles. The highest BCUT2D eigenvalue weighted by molar-refractivity contribution is 5.30. The van der Waals surface area contributed by atoms with E-state index in [1.54, 1.807) is 0 Å². The van der Waals surface area contributed by atoms with Crippen molar-refractivity contribution in [3.63, 3.8) is 0 Å². The van der Waals surface area contributed by atoms with Gasteiger partial charge in [0.2, 0.25) is 0 Å². The molecule has 0 aliphatic carbocycles. The van der Waals surface area contributed by atoms with Crippen molar-refractivity contribution in [2.45, 2.75) is 25.8 Å². The Morgan fingerprint density at radius 3 is 3.36 bits per heavy atom. The van der Waals surface area contributed by atoms with Crippen LogP contribution in [0.25, 0.3) is 0 Å². The highest BCUT2D eigenvalue weighted by Crippen LogP contribution is 2.17. The zero-order chi connectivity index (χ0) is 7.68. The lowest BCUT2D eigenvalue weighted by molar-refractivity contribution is 0.571. The van der Waals surface area contributed by atoms with E-state index >= 15 is 0 Å². The minimum atomic E-state index is 0.486. The molecule has 1 unspecified atom stereocenters. The summed E-state index contributed by atoms with van der Waals surface area (Å²) >= 11 is 0. The first-order valence-electron chi connectivity index (χ1n) is 4.28. The van der Waals surface area contributed by atoms with Gasteiger partial charge < -0.3 is 10.6 Å². The molecular weight excluding hydrogens is 136 g/mol. The van der Waals surface area contributed by atoms with E-state index in [4.69, 9.17) is 0 Å². The fourth-order valence-electron chi connectivity index (χ4n) is 1.58. The first-order valence-corrected chi connectivity index (χ1v) is 4.28. The average Bonchev–Trinajstić information content (AvgIpc) is 2.04. The molecule has 0 spiro atoms. The molecule has 0 radical (unpaired) electrons. The molecule has 2 aliphatic heterocycles. The van der Waals surface area contributed by atoms with Gasteiger partial charge in [-0.05, 0) is 25.3 Å². The molecule has 0 saturated heterocycles. The second kappa shape index (κ2) is 2.61. The molecular formula is C9H14N2. The van der Waals surface area contributed by atoms with E-state index in [-0.39, 0.29) is 0 Å². The van der Waals surface area contributed by atoms with Gasteiger partial charge in [-0.3, -0.25) is 0 Å². The highest BCUT2D eigenvalue weighted by atomic mass is 15.1. The maximum Gasteiger partial charge on any atom is 0.102 e. The molecule has 2 rings (SSSR count). The van der Waals surface area contributed by atoms with Crippen LogP contribution in [0.4, 0.5) is 0 Å². The Morgan fingerprint density at radius 2 is 2.45 bits per heavy atom. The lowest BCUT2D eigenvalue weighted by atomic mass is 10.0. The van der Waals surface area contributed by atoms with Gasteiger partial charge in [0.25, 0.3) is 0 Å². The number of hydrogen-bond donors (Lipinski definition) is 2. The van der Waals surface area contributed by atoms with E-state index in [9.17, 15) is 0 Å². The molecule has 0 amide bonds. The molecule has 2 aliphatic rings. The van der Waals surface area contributed by atoms with Gasteiger partial charge in [-0.15, -0.1) is 0 Å². The number of hydrogen-bond acceptors (Lipinski definition) is 2. The quantitative estimate of drug-likeness (QED) is 0.541. The maximum atomic E-state index is 3.40. The summed E-state index contributed by atoms with van der Waals surface area (Å²) in [6, 6.07) is 0.486. The minimum Gasteiger partial charge on any atom is -0.372 e. The van der Waals surface area contributed by atoms with E-state index in [0.717, 1.165) is 6.54 Å². The molecule has 2 nitrogen and oxygen atoms in total. The van der Waals surface area contributed by atoms with Crippen LogP contribution in [0.3, 0.4) is 0 Å². The lowest BCUT2D eigenvalue weighted by Gasteiger charge is -2.27. The zero-order valence-corrected chi connectivity index (χ0v) is 6.85. The summed E-state index contributed by atoms with van der Waals surface area (Å²) in [5.74, 6) is 1.26. The Morgan fingerprint density at radius 1 is 1.55 bits per heavy atom. The number of dihydropyridines is 1. The van der Waals surface area contributed by atoms with E-state index in [2.05, 4.69) is 29.7 Å². The summed E-state index contributed by atoms with van der Waals surface area (Å²) in [6.45, 7) is 3.28. The highest BCUT2D eigenvalue weighted by Gasteiger charge is 2.14. The van der Waals surface area contributed by atoms with Gasteiger partial charge in [-0.2, -0.15) is 0 Å². The minimum absolute atomic E-state index is 0.486. The summed E-state index contributed by atoms with van der Waals surface area (Å²) < 4.78 is 0. The van der Waals surface area contributed by atoms with Crippen LogP contribution in [0.15, 0.2) is 23.5 Å². The van der Waals surface area contributed by atoms with Crippen LogP contribution in [0, 0.1) is 0 Å². The van der Waals surface area contributed by atoms with Crippen molar-refractivity contribution in [2.24, 2.45) is 0 Å². The van der Waals surface area contributed by atoms with Gasteiger partial charge in [0.1, 0.15) is 5.82 Å². The second-order valence-corrected chi connectivity index (χ2v) is 3.22. The Balaban J connectivity index is 2.20. The van der Waals surface area contributed by atoms with Crippen LogP contribution in [0.1, 0.15) is 19.8 Å². The molecule has 0 aromatic heterocycles. The van der Waals surface area contributed by atoms with Crippen molar-refractivity contribution in [1.82, 2.24) is 10.6 Å². The number of allylic oxidation sites excluding steroid dienone is 2. The van der Waals surface area contributed by atoms with Crippen molar-refractivity contribution in [3.05, 3.63) is 23.5 Å². The first-order chi connectivity index (χ1) is 5.36. The number of rotatable bonds is 0. The summed E-state index contributed by atoms with van der Waals surface area (Å²) in [4.78, 5) is 0. The van der Waals surface area contributed by atoms with Gasteiger partial charge in [0, 0.05) is 12.6 Å². The maximum absolute atomic E-state index is 3.40. The van der Waals surface area contributed by atoms with Crippen molar-refractivity contribution in [3.8, 4) is 0 Å². The third-order valence-electron chi connectivity index (χ3n) is 2.20. The van der Waals surface area contributed by atoms with E-state index in [1.165, 1.54) is 24.2 Å². The molecule has 0 bridgehead atoms. The SMILES string of the molecule is CC1C=CC2=C(NCCC2)N1. The van der Waals surface area contributed by atoms with E-state index < -0.39 is 0 Å². The molecule has 2 N–H and O–H groups in total. The second-order valence-electron chi connectivity index (χ2n) is 3.22. The summed E-state index contributed by atoms with van der Waals surface area (Å²) in [5.41, 5.74) is 1.44. The third-order valence-corrected chi connectivity index (χ3v) is 2.20. The van der Waals surface area contributed by atoms with Gasteiger partial charge in [-0.25, -0.2) is 0 Å². The molecule has 60 valence electrons. The van der Waals surface area contributed by atoms with Crippen molar-refractivity contribution >= 4 is 0 Å². The molecule has 11 heavy (non-hydrogen) atoms. The Bertz CT molecular complexity index is 216. The third kappa shape index (κ3) is 1.25. The van der Waals surface area contributed by atoms with Gasteiger partial charge >= 0.3 is 0 Å². The summed E-state index contributed by atoms with van der Waals surface area (Å²) in [7, 11) is 0. The normalized spacial score (nSPS) is 29.0. The largest absolute Gasteiger partial charge is 0.372 e. The van der Waals surface area contributed by atoms with Crippen molar-refractivity contribution in [1.29, 1.82) is 0 Å². The van der Waals surface area contributed by atoms with Crippen LogP contribution < -0.4 is 10.6 Å². The summed E-state index contributed by atoms with van der Waals surface area (Å²) in [5, 5.41) is 6.77. The van der Waals surface area contributed by atoms with Crippen LogP contribution in [-0.4, -0.2) is 12.6 Å². The standard InChI is InChI=1S/C9H14N2/c1-7-4-5-8-3-2-6-10-9(8)11-7/h4-5,7,10-11H,2-3,6H2,1H3. The monoisotopic (exact) mass is 150 g/mol. The van der Waals surface area contributed by atoms with Crippen LogP contribution in [0.5, 0.6) is 0 Å². The average molecular weight is 150 g/mol. The van der Waals surface area contributed by atoms with Crippen molar-refractivity contribution < 1.29 is 0 Å². The molecule has 0 saturated carbocycles. The molecule has 0 aromatic rings. The van der Waals surface area contributed by atoms with Crippen LogP contribution in [0.2, 0.25) is 0 Å². The zero-order valence-electron chi connectivity index (χ0n) is 6.85. The molecule has 2 heteroatoms. The molecule has 1 atom stereocenters. The van der Waals surface area contributed by atoms with Gasteiger partial charge in [0.15, 0.2) is 0 Å². The van der Waals surface area contributed by atoms with Gasteiger partial charge in [-0.1, -0.05) is 12.2 Å². The molecule has 0 fully saturated rings. The smallest absolute Gasteiger partial charge is 0.102 e. The lowest BCUT2D eigenvalue weighted by Crippen LogP contribution is -2.37. The fourth-order valence-corrected chi connectivity index (χ4v) is 1.58. The number of nitrogens with one attached hydrogen (secondary N) is 2. The molecule has 2 heterocycles. The van der Waals surface area contributed by atoms with E-state index in [0.29, 0.717) is 6.04 Å². The fraction of sp³-hybridized carbons (Fsp3) is 0.556. The van der Waals surface area contributed by atoms with E-state index in [1.807, 2.05) is 0 Å². The predicted octanol–water partition coefficient (Wildman–Crippen LogP) is 1.13. The van der Waals surface area contributed by atoms with Gasteiger partial charge in [0.05, 0.1) is 0 Å². The Labute approximate surface area is 67.4 Å². The van der Waals surface area contributed by atoms with Crippen LogP contribution in [-0.2, 0) is 0 Å². The summed E-state index contributed by atoms with van der Waals surface area (Å²) in [6.07, 6.45) is 6.94. The topological polar surface area (TPSA) is 24.1 Å². The Hall–Kier alpha value is -0.920. The first kappa shape index (κ1) is 6.77. The Kier molecular flexibility index (Phi) is 1.60.